The van der Waals surface area contributed by atoms with Crippen LogP contribution in [0.25, 0.3) is 0 Å². The van der Waals surface area contributed by atoms with Crippen LogP contribution in [0, 0.1) is 0 Å². The van der Waals surface area contributed by atoms with Crippen LogP contribution in [-0.4, -0.2) is 52.9 Å². The highest BCUT2D eigenvalue weighted by molar-refractivity contribution is 6.10. The monoisotopic (exact) mass is 455 g/mol. The van der Waals surface area contributed by atoms with Crippen LogP contribution in [0.2, 0.25) is 0 Å². The van der Waals surface area contributed by atoms with E-state index in [9.17, 15) is 19.2 Å². The normalized spacial score (nSPS) is 23.7. The average Bonchev–Trinajstić information content (AvgIpc) is 3.12. The number of nitrogens with one attached hydrogen (secondary N) is 1. The summed E-state index contributed by atoms with van der Waals surface area (Å²) in [5, 5.41) is 2.96. The van der Waals surface area contributed by atoms with Crippen molar-refractivity contribution < 1.29 is 23.9 Å². The zero-order valence-electron chi connectivity index (χ0n) is 19.5. The van der Waals surface area contributed by atoms with Gasteiger partial charge in [-0.15, -0.1) is 0 Å². The van der Waals surface area contributed by atoms with Gasteiger partial charge in [0.2, 0.25) is 11.8 Å². The van der Waals surface area contributed by atoms with Crippen LogP contribution in [0.15, 0.2) is 24.3 Å². The minimum absolute atomic E-state index is 0.00821. The molecule has 1 aliphatic carbocycles. The topological polar surface area (TPSA) is 96.0 Å². The third-order valence-electron chi connectivity index (χ3n) is 7.28. The SMILES string of the molecule is CCOC(=O)C1(NC(=O)CCCN2C(=O)c3ccccc3N3C(=O)CCC23C)CCCCC1. The highest BCUT2D eigenvalue weighted by Crippen LogP contribution is 2.44. The number of anilines is 1. The second kappa shape index (κ2) is 9.15. The molecule has 178 valence electrons. The van der Waals surface area contributed by atoms with Gasteiger partial charge in [0, 0.05) is 19.4 Å². The van der Waals surface area contributed by atoms with E-state index in [1.807, 2.05) is 19.1 Å². The van der Waals surface area contributed by atoms with Gasteiger partial charge in [-0.05, 0) is 51.7 Å². The predicted octanol–water partition coefficient (Wildman–Crippen LogP) is 3.15. The highest BCUT2D eigenvalue weighted by Gasteiger charge is 2.52. The summed E-state index contributed by atoms with van der Waals surface area (Å²) in [6.45, 7) is 4.32. The Bertz CT molecular complexity index is 955. The fraction of sp³-hybridized carbons (Fsp3) is 0.600. The molecule has 1 unspecified atom stereocenters. The van der Waals surface area contributed by atoms with E-state index in [1.165, 1.54) is 0 Å². The fourth-order valence-electron chi connectivity index (χ4n) is 5.57. The van der Waals surface area contributed by atoms with Crippen LogP contribution >= 0.6 is 0 Å². The molecule has 0 bridgehead atoms. The van der Waals surface area contributed by atoms with Crippen molar-refractivity contribution in [2.45, 2.75) is 82.8 Å². The molecule has 8 heteroatoms. The Kier molecular flexibility index (Phi) is 6.45. The van der Waals surface area contributed by atoms with E-state index in [-0.39, 0.29) is 36.7 Å². The van der Waals surface area contributed by atoms with E-state index >= 15 is 0 Å². The molecule has 3 amide bonds. The molecule has 2 fully saturated rings. The summed E-state index contributed by atoms with van der Waals surface area (Å²) < 4.78 is 5.26. The number of carbonyl (C=O) groups is 4. The van der Waals surface area contributed by atoms with Gasteiger partial charge < -0.3 is 15.0 Å². The van der Waals surface area contributed by atoms with Crippen molar-refractivity contribution in [3.05, 3.63) is 29.8 Å². The molecule has 1 aromatic carbocycles. The summed E-state index contributed by atoms with van der Waals surface area (Å²) in [5.41, 5.74) is -0.492. The Morgan fingerprint density at radius 3 is 2.55 bits per heavy atom. The van der Waals surface area contributed by atoms with Gasteiger partial charge in [-0.1, -0.05) is 31.4 Å². The minimum Gasteiger partial charge on any atom is -0.464 e. The van der Waals surface area contributed by atoms with E-state index in [0.717, 1.165) is 19.3 Å². The molecule has 1 atom stereocenters. The lowest BCUT2D eigenvalue weighted by Crippen LogP contribution is -2.62. The number of benzene rings is 1. The Balaban J connectivity index is 1.43. The highest BCUT2D eigenvalue weighted by atomic mass is 16.5. The van der Waals surface area contributed by atoms with Crippen molar-refractivity contribution >= 4 is 29.4 Å². The third-order valence-corrected chi connectivity index (χ3v) is 7.28. The summed E-state index contributed by atoms with van der Waals surface area (Å²) >= 11 is 0. The molecule has 0 aromatic heterocycles. The quantitative estimate of drug-likeness (QED) is 0.637. The lowest BCUT2D eigenvalue weighted by Gasteiger charge is -2.48. The maximum absolute atomic E-state index is 13.3. The first-order valence-electron chi connectivity index (χ1n) is 12.0. The molecule has 1 aromatic rings. The van der Waals surface area contributed by atoms with E-state index < -0.39 is 11.2 Å². The average molecular weight is 456 g/mol. The number of rotatable bonds is 7. The summed E-state index contributed by atoms with van der Waals surface area (Å²) in [7, 11) is 0. The van der Waals surface area contributed by atoms with Gasteiger partial charge in [0.1, 0.15) is 11.2 Å². The van der Waals surface area contributed by atoms with Gasteiger partial charge in [0.15, 0.2) is 0 Å². The van der Waals surface area contributed by atoms with Crippen molar-refractivity contribution in [3.8, 4) is 0 Å². The minimum atomic E-state index is -0.939. The molecule has 0 radical (unpaired) electrons. The molecule has 1 saturated carbocycles. The van der Waals surface area contributed by atoms with Gasteiger partial charge in [-0.2, -0.15) is 0 Å². The zero-order chi connectivity index (χ0) is 23.6. The van der Waals surface area contributed by atoms with E-state index in [4.69, 9.17) is 4.74 Å². The Hall–Kier alpha value is -2.90. The fourth-order valence-corrected chi connectivity index (χ4v) is 5.57. The Labute approximate surface area is 194 Å². The van der Waals surface area contributed by atoms with Crippen LogP contribution in [0.5, 0.6) is 0 Å². The molecular weight excluding hydrogens is 422 g/mol. The van der Waals surface area contributed by atoms with Gasteiger partial charge in [0.05, 0.1) is 17.9 Å². The Morgan fingerprint density at radius 2 is 1.82 bits per heavy atom. The van der Waals surface area contributed by atoms with Crippen molar-refractivity contribution in [3.63, 3.8) is 0 Å². The molecule has 1 saturated heterocycles. The first kappa shape index (κ1) is 23.3. The van der Waals surface area contributed by atoms with Gasteiger partial charge >= 0.3 is 5.97 Å². The number of hydrogen-bond acceptors (Lipinski definition) is 5. The lowest BCUT2D eigenvalue weighted by atomic mass is 9.81. The van der Waals surface area contributed by atoms with Crippen LogP contribution in [0.3, 0.4) is 0 Å². The lowest BCUT2D eigenvalue weighted by molar-refractivity contribution is -0.155. The first-order chi connectivity index (χ1) is 15.8. The Morgan fingerprint density at radius 1 is 1.09 bits per heavy atom. The summed E-state index contributed by atoms with van der Waals surface area (Å²) in [6.07, 6.45) is 5.56. The molecule has 2 aliphatic heterocycles. The largest absolute Gasteiger partial charge is 0.464 e. The first-order valence-corrected chi connectivity index (χ1v) is 12.0. The van der Waals surface area contributed by atoms with Crippen LogP contribution < -0.4 is 10.2 Å². The standard InChI is InChI=1S/C25H33N3O5/c1-3-33-23(32)25(14-7-4-8-15-25)26-20(29)12-9-17-27-22(31)18-10-5-6-11-19(18)28-21(30)13-16-24(27,28)2/h5-6,10-11H,3-4,7-9,12-17H2,1-2H3,(H,26,29). The molecule has 0 spiro atoms. The van der Waals surface area contributed by atoms with Crippen molar-refractivity contribution in [2.24, 2.45) is 0 Å². The molecule has 2 heterocycles. The second-order valence-electron chi connectivity index (χ2n) is 9.44. The number of fused-ring (bicyclic) bond motifs is 3. The summed E-state index contributed by atoms with van der Waals surface area (Å²) in [4.78, 5) is 54.9. The van der Waals surface area contributed by atoms with Gasteiger partial charge in [-0.3, -0.25) is 19.3 Å². The molecular formula is C25H33N3O5. The number of hydrogen-bond donors (Lipinski definition) is 1. The molecule has 1 N–H and O–H groups in total. The molecule has 3 aliphatic rings. The maximum atomic E-state index is 13.3. The molecule has 33 heavy (non-hydrogen) atoms. The number of esters is 1. The number of carbonyl (C=O) groups excluding carboxylic acids is 4. The number of nitrogens with zero attached hydrogens (tertiary/aromatic N) is 2. The van der Waals surface area contributed by atoms with Crippen molar-refractivity contribution in [1.29, 1.82) is 0 Å². The predicted molar refractivity (Wildman–Crippen MR) is 122 cm³/mol. The second-order valence-corrected chi connectivity index (χ2v) is 9.44. The van der Waals surface area contributed by atoms with Gasteiger partial charge in [-0.25, -0.2) is 4.79 Å². The summed E-state index contributed by atoms with van der Waals surface area (Å²) in [6, 6.07) is 7.20. The maximum Gasteiger partial charge on any atom is 0.331 e. The van der Waals surface area contributed by atoms with E-state index in [2.05, 4.69) is 5.32 Å². The number of para-hydroxylation sites is 1. The van der Waals surface area contributed by atoms with Crippen LogP contribution in [0.4, 0.5) is 5.69 Å². The summed E-state index contributed by atoms with van der Waals surface area (Å²) in [5.74, 6) is -0.670. The zero-order valence-corrected chi connectivity index (χ0v) is 19.5. The van der Waals surface area contributed by atoms with Gasteiger partial charge in [0.25, 0.3) is 5.91 Å². The van der Waals surface area contributed by atoms with E-state index in [1.54, 1.807) is 28.9 Å². The van der Waals surface area contributed by atoms with E-state index in [0.29, 0.717) is 49.9 Å². The number of amides is 3. The molecule has 8 nitrogen and oxygen atoms in total. The van der Waals surface area contributed by atoms with Crippen molar-refractivity contribution in [2.75, 3.05) is 18.1 Å². The van der Waals surface area contributed by atoms with Crippen molar-refractivity contribution in [1.82, 2.24) is 10.2 Å². The molecule has 4 rings (SSSR count). The third kappa shape index (κ3) is 4.11. The smallest absolute Gasteiger partial charge is 0.331 e. The van der Waals surface area contributed by atoms with Crippen LogP contribution in [0.1, 0.15) is 82.0 Å². The van der Waals surface area contributed by atoms with Crippen LogP contribution in [-0.2, 0) is 19.1 Å². The number of ether oxygens (including phenoxy) is 1.